The molecule has 2 aromatic carbocycles. The third kappa shape index (κ3) is 8.96. The summed E-state index contributed by atoms with van der Waals surface area (Å²) in [6.45, 7) is 6.46. The number of aliphatic hydroxyl groups is 2. The Balaban J connectivity index is 1.43. The molecule has 1 aliphatic rings. The molecule has 0 saturated heterocycles. The molecule has 0 radical (unpaired) electrons. The SMILES string of the molecule is CCCC(O)COc1ccc(C(C)(C)c2ccc(OCC(O)COC(=O)C3CCC(C(=O)OC)CC3)cc2)cc1. The highest BCUT2D eigenvalue weighted by Crippen LogP contribution is 2.34. The van der Waals surface area contributed by atoms with E-state index in [9.17, 15) is 19.8 Å². The third-order valence-electron chi connectivity index (χ3n) is 7.67. The summed E-state index contributed by atoms with van der Waals surface area (Å²) >= 11 is 0. The standard InChI is InChI=1S/C32H44O8/c1-5-6-26(33)19-38-28-15-11-24(12-16-28)32(2,3)25-13-17-29(18-14-25)39-20-27(34)21-40-31(36)23-9-7-22(8-10-23)30(35)37-4/h11-18,22-23,26-27,33-34H,5-10,19-21H2,1-4H3. The van der Waals surface area contributed by atoms with Gasteiger partial charge in [0.15, 0.2) is 0 Å². The molecule has 40 heavy (non-hydrogen) atoms. The van der Waals surface area contributed by atoms with Gasteiger partial charge in [-0.05, 0) is 67.5 Å². The van der Waals surface area contributed by atoms with Gasteiger partial charge in [0.25, 0.3) is 0 Å². The van der Waals surface area contributed by atoms with Crippen LogP contribution < -0.4 is 9.47 Å². The number of hydrogen-bond donors (Lipinski definition) is 2. The van der Waals surface area contributed by atoms with E-state index in [0.29, 0.717) is 31.4 Å². The number of carbonyl (C=O) groups is 2. The summed E-state index contributed by atoms with van der Waals surface area (Å²) in [6, 6.07) is 15.6. The largest absolute Gasteiger partial charge is 0.491 e. The van der Waals surface area contributed by atoms with Crippen molar-refractivity contribution in [3.05, 3.63) is 59.7 Å². The van der Waals surface area contributed by atoms with Gasteiger partial charge in [0.2, 0.25) is 0 Å². The second-order valence-electron chi connectivity index (χ2n) is 11.1. The molecular weight excluding hydrogens is 512 g/mol. The minimum Gasteiger partial charge on any atom is -0.491 e. The maximum Gasteiger partial charge on any atom is 0.309 e. The van der Waals surface area contributed by atoms with E-state index in [2.05, 4.69) is 13.8 Å². The highest BCUT2D eigenvalue weighted by Gasteiger charge is 2.31. The molecule has 8 heteroatoms. The normalized spacial score (nSPS) is 18.9. The molecule has 2 N–H and O–H groups in total. The maximum atomic E-state index is 12.4. The van der Waals surface area contributed by atoms with E-state index < -0.39 is 12.2 Å². The Hall–Kier alpha value is -3.10. The Morgan fingerprint density at radius 2 is 1.23 bits per heavy atom. The van der Waals surface area contributed by atoms with Crippen LogP contribution in [0, 0.1) is 11.8 Å². The molecule has 1 aliphatic carbocycles. The first-order valence-electron chi connectivity index (χ1n) is 14.2. The topological polar surface area (TPSA) is 112 Å². The Morgan fingerprint density at radius 3 is 1.68 bits per heavy atom. The predicted molar refractivity (Wildman–Crippen MR) is 151 cm³/mol. The highest BCUT2D eigenvalue weighted by molar-refractivity contribution is 5.75. The van der Waals surface area contributed by atoms with Gasteiger partial charge in [-0.15, -0.1) is 0 Å². The van der Waals surface area contributed by atoms with Gasteiger partial charge >= 0.3 is 11.9 Å². The van der Waals surface area contributed by atoms with Gasteiger partial charge in [-0.3, -0.25) is 9.59 Å². The van der Waals surface area contributed by atoms with Crippen molar-refractivity contribution in [2.24, 2.45) is 11.8 Å². The molecule has 1 saturated carbocycles. The molecule has 0 bridgehead atoms. The second kappa shape index (κ2) is 15.1. The van der Waals surface area contributed by atoms with E-state index in [1.165, 1.54) is 7.11 Å². The lowest BCUT2D eigenvalue weighted by Crippen LogP contribution is -2.31. The molecule has 1 fully saturated rings. The highest BCUT2D eigenvalue weighted by atomic mass is 16.5. The predicted octanol–water partition coefficient (Wildman–Crippen LogP) is 4.81. The summed E-state index contributed by atoms with van der Waals surface area (Å²) in [6.07, 6.45) is 2.60. The number of esters is 2. The average Bonchev–Trinajstić information content (AvgIpc) is 2.98. The van der Waals surface area contributed by atoms with Gasteiger partial charge in [-0.2, -0.15) is 0 Å². The first-order valence-corrected chi connectivity index (χ1v) is 14.2. The van der Waals surface area contributed by atoms with Gasteiger partial charge in [0.05, 0.1) is 25.0 Å². The third-order valence-corrected chi connectivity index (χ3v) is 7.67. The number of methoxy groups -OCH3 is 1. The summed E-state index contributed by atoms with van der Waals surface area (Å²) in [5.74, 6) is 0.362. The molecule has 0 aromatic heterocycles. The zero-order chi connectivity index (χ0) is 29.1. The van der Waals surface area contributed by atoms with Crippen LogP contribution in [-0.4, -0.2) is 61.3 Å². The quantitative estimate of drug-likeness (QED) is 0.319. The van der Waals surface area contributed by atoms with Crippen LogP contribution in [-0.2, 0) is 24.5 Å². The van der Waals surface area contributed by atoms with Crippen molar-refractivity contribution in [3.63, 3.8) is 0 Å². The number of carbonyl (C=O) groups excluding carboxylic acids is 2. The first kappa shape index (κ1) is 31.4. The molecule has 3 rings (SSSR count). The second-order valence-corrected chi connectivity index (χ2v) is 11.1. The van der Waals surface area contributed by atoms with Crippen LogP contribution in [0.4, 0.5) is 0 Å². The van der Waals surface area contributed by atoms with Crippen molar-refractivity contribution < 1.29 is 38.7 Å². The van der Waals surface area contributed by atoms with Crippen LogP contribution in [0.1, 0.15) is 70.4 Å². The number of rotatable bonds is 14. The fourth-order valence-electron chi connectivity index (χ4n) is 4.98. The summed E-state index contributed by atoms with van der Waals surface area (Å²) in [5, 5.41) is 20.1. The van der Waals surface area contributed by atoms with Crippen LogP contribution in [0.25, 0.3) is 0 Å². The van der Waals surface area contributed by atoms with Gasteiger partial charge in [0.1, 0.15) is 37.4 Å². The van der Waals surface area contributed by atoms with Crippen LogP contribution >= 0.6 is 0 Å². The van der Waals surface area contributed by atoms with E-state index >= 15 is 0 Å². The zero-order valence-electron chi connectivity index (χ0n) is 24.1. The molecule has 0 aliphatic heterocycles. The Labute approximate surface area is 237 Å². The van der Waals surface area contributed by atoms with Gasteiger partial charge in [-0.1, -0.05) is 51.5 Å². The Bertz CT molecular complexity index is 1060. The van der Waals surface area contributed by atoms with Gasteiger partial charge in [0, 0.05) is 5.41 Å². The fourth-order valence-corrected chi connectivity index (χ4v) is 4.98. The number of ether oxygens (including phenoxy) is 4. The lowest BCUT2D eigenvalue weighted by molar-refractivity contribution is -0.156. The average molecular weight is 557 g/mol. The van der Waals surface area contributed by atoms with Crippen molar-refractivity contribution in [1.82, 2.24) is 0 Å². The van der Waals surface area contributed by atoms with Crippen molar-refractivity contribution >= 4 is 11.9 Å². The number of aliphatic hydroxyl groups excluding tert-OH is 2. The van der Waals surface area contributed by atoms with Crippen molar-refractivity contribution in [2.75, 3.05) is 26.9 Å². The number of benzene rings is 2. The van der Waals surface area contributed by atoms with Crippen molar-refractivity contribution in [2.45, 2.75) is 76.9 Å². The number of hydrogen-bond acceptors (Lipinski definition) is 8. The summed E-state index contributed by atoms with van der Waals surface area (Å²) in [7, 11) is 1.38. The molecule has 2 atom stereocenters. The van der Waals surface area contributed by atoms with Crippen LogP contribution in [0.5, 0.6) is 11.5 Å². The van der Waals surface area contributed by atoms with E-state index in [1.807, 2.05) is 55.5 Å². The molecular formula is C32H44O8. The maximum absolute atomic E-state index is 12.4. The molecule has 0 amide bonds. The minimum atomic E-state index is -0.949. The monoisotopic (exact) mass is 556 g/mol. The molecule has 2 unspecified atom stereocenters. The molecule has 0 heterocycles. The Kier molecular flexibility index (Phi) is 11.8. The summed E-state index contributed by atoms with van der Waals surface area (Å²) in [5.41, 5.74) is 1.96. The molecule has 8 nitrogen and oxygen atoms in total. The zero-order valence-corrected chi connectivity index (χ0v) is 24.1. The minimum absolute atomic E-state index is 0.000480. The van der Waals surface area contributed by atoms with Crippen LogP contribution in [0.3, 0.4) is 0 Å². The fraction of sp³-hybridized carbons (Fsp3) is 0.562. The molecule has 2 aromatic rings. The van der Waals surface area contributed by atoms with Crippen molar-refractivity contribution in [3.8, 4) is 11.5 Å². The summed E-state index contributed by atoms with van der Waals surface area (Å²) < 4.78 is 21.5. The van der Waals surface area contributed by atoms with Crippen LogP contribution in [0.2, 0.25) is 0 Å². The van der Waals surface area contributed by atoms with E-state index in [4.69, 9.17) is 18.9 Å². The van der Waals surface area contributed by atoms with E-state index in [0.717, 1.165) is 29.7 Å². The lowest BCUT2D eigenvalue weighted by Gasteiger charge is -2.27. The van der Waals surface area contributed by atoms with E-state index in [1.54, 1.807) is 0 Å². The molecule has 0 spiro atoms. The van der Waals surface area contributed by atoms with Crippen molar-refractivity contribution in [1.29, 1.82) is 0 Å². The summed E-state index contributed by atoms with van der Waals surface area (Å²) in [4.78, 5) is 24.0. The van der Waals surface area contributed by atoms with E-state index in [-0.39, 0.29) is 49.0 Å². The lowest BCUT2D eigenvalue weighted by atomic mass is 9.78. The van der Waals surface area contributed by atoms with Gasteiger partial charge < -0.3 is 29.2 Å². The van der Waals surface area contributed by atoms with Crippen LogP contribution in [0.15, 0.2) is 48.5 Å². The smallest absolute Gasteiger partial charge is 0.309 e. The first-order chi connectivity index (χ1) is 19.1. The Morgan fingerprint density at radius 1 is 0.775 bits per heavy atom. The molecule has 220 valence electrons. The van der Waals surface area contributed by atoms with Gasteiger partial charge in [-0.25, -0.2) is 0 Å².